The molecule has 2 aromatic carbocycles. The first-order chi connectivity index (χ1) is 11.7. The lowest BCUT2D eigenvalue weighted by Gasteiger charge is -2.11. The van der Waals surface area contributed by atoms with Crippen LogP contribution in [0.15, 0.2) is 55.0 Å². The number of benzene rings is 2. The van der Waals surface area contributed by atoms with Crippen LogP contribution in [0.3, 0.4) is 0 Å². The summed E-state index contributed by atoms with van der Waals surface area (Å²) in [7, 11) is 0. The van der Waals surface area contributed by atoms with Crippen molar-refractivity contribution in [3.8, 4) is 22.8 Å². The Morgan fingerprint density at radius 2 is 1.83 bits per heavy atom. The Morgan fingerprint density at radius 1 is 1.00 bits per heavy atom. The minimum atomic E-state index is -0.490. The Morgan fingerprint density at radius 3 is 2.67 bits per heavy atom. The minimum absolute atomic E-state index is 0.0255. The first-order valence-electron chi connectivity index (χ1n) is 7.62. The number of hydrogen-bond donors (Lipinski definition) is 0. The molecule has 1 aliphatic rings. The molecule has 0 spiro atoms. The molecule has 1 heterocycles. The third kappa shape index (κ3) is 2.44. The number of Topliss-reactive ketones (excluding diaryl/α,β-unsaturated/α-hetero) is 1. The lowest BCUT2D eigenvalue weighted by Crippen LogP contribution is -1.99. The molecule has 0 N–H and O–H groups in total. The third-order valence-electron chi connectivity index (χ3n) is 4.08. The summed E-state index contributed by atoms with van der Waals surface area (Å²) in [6, 6.07) is 12.6. The van der Waals surface area contributed by atoms with Gasteiger partial charge in [-0.3, -0.25) is 4.79 Å². The Kier molecular flexibility index (Phi) is 3.54. The lowest BCUT2D eigenvalue weighted by molar-refractivity contribution is 0.0994. The van der Waals surface area contributed by atoms with Crippen molar-refractivity contribution in [1.29, 1.82) is 0 Å². The SMILES string of the molecule is O=C1CCc2c1ccc(Oc1ncncc1-c1ccccc1)c2F. The van der Waals surface area contributed by atoms with Crippen LogP contribution in [0.5, 0.6) is 11.6 Å². The average molecular weight is 320 g/mol. The second-order valence-corrected chi connectivity index (χ2v) is 5.54. The molecule has 1 aromatic heterocycles. The minimum Gasteiger partial charge on any atom is -0.435 e. The molecule has 118 valence electrons. The van der Waals surface area contributed by atoms with Crippen LogP contribution in [-0.2, 0) is 6.42 Å². The molecule has 1 aliphatic carbocycles. The molecule has 0 aliphatic heterocycles. The zero-order valence-corrected chi connectivity index (χ0v) is 12.7. The number of fused-ring (bicyclic) bond motifs is 1. The topological polar surface area (TPSA) is 52.1 Å². The Hall–Kier alpha value is -3.08. The smallest absolute Gasteiger partial charge is 0.230 e. The maximum atomic E-state index is 14.6. The molecule has 0 amide bonds. The molecule has 0 radical (unpaired) electrons. The Balaban J connectivity index is 1.74. The maximum Gasteiger partial charge on any atom is 0.230 e. The van der Waals surface area contributed by atoms with Crippen molar-refractivity contribution in [3.05, 3.63) is 71.9 Å². The number of nitrogens with zero attached hydrogens (tertiary/aromatic N) is 2. The normalized spacial score (nSPS) is 13.0. The second-order valence-electron chi connectivity index (χ2n) is 5.54. The van der Waals surface area contributed by atoms with Gasteiger partial charge in [-0.05, 0) is 24.1 Å². The van der Waals surface area contributed by atoms with Crippen LogP contribution in [0.2, 0.25) is 0 Å². The molecule has 0 saturated carbocycles. The Bertz CT molecular complexity index is 926. The van der Waals surface area contributed by atoms with E-state index in [2.05, 4.69) is 9.97 Å². The molecule has 4 nitrogen and oxygen atoms in total. The van der Waals surface area contributed by atoms with E-state index in [4.69, 9.17) is 4.74 Å². The zero-order chi connectivity index (χ0) is 16.5. The van der Waals surface area contributed by atoms with Crippen molar-refractivity contribution >= 4 is 5.78 Å². The maximum absolute atomic E-state index is 14.6. The third-order valence-corrected chi connectivity index (χ3v) is 4.08. The van der Waals surface area contributed by atoms with Gasteiger partial charge in [0.1, 0.15) is 6.33 Å². The summed E-state index contributed by atoms with van der Waals surface area (Å²) in [5.41, 5.74) is 2.43. The number of carbonyl (C=O) groups is 1. The standard InChI is InChI=1S/C19H13FN2O2/c20-18-14-6-8-16(23)13(14)7-9-17(18)24-19-15(10-21-11-22-19)12-4-2-1-3-5-12/h1-5,7,9-11H,6,8H2. The van der Waals surface area contributed by atoms with Gasteiger partial charge in [0.05, 0.1) is 5.56 Å². The Labute approximate surface area is 138 Å². The fourth-order valence-corrected chi connectivity index (χ4v) is 2.88. The largest absolute Gasteiger partial charge is 0.435 e. The van der Waals surface area contributed by atoms with Crippen molar-refractivity contribution < 1.29 is 13.9 Å². The van der Waals surface area contributed by atoms with Crippen LogP contribution in [-0.4, -0.2) is 15.8 Å². The van der Waals surface area contributed by atoms with Crippen LogP contribution in [0.1, 0.15) is 22.3 Å². The van der Waals surface area contributed by atoms with Crippen molar-refractivity contribution in [2.45, 2.75) is 12.8 Å². The molecule has 0 atom stereocenters. The van der Waals surface area contributed by atoms with Gasteiger partial charge in [0.2, 0.25) is 5.88 Å². The summed E-state index contributed by atoms with van der Waals surface area (Å²) >= 11 is 0. The van der Waals surface area contributed by atoms with E-state index in [1.54, 1.807) is 12.3 Å². The van der Waals surface area contributed by atoms with Gasteiger partial charge in [-0.25, -0.2) is 14.4 Å². The summed E-state index contributed by atoms with van der Waals surface area (Å²) in [4.78, 5) is 19.9. The van der Waals surface area contributed by atoms with Gasteiger partial charge < -0.3 is 4.74 Å². The molecule has 24 heavy (non-hydrogen) atoms. The predicted molar refractivity (Wildman–Crippen MR) is 86.6 cm³/mol. The predicted octanol–water partition coefficient (Wildman–Crippen LogP) is 4.20. The van der Waals surface area contributed by atoms with Crippen molar-refractivity contribution in [2.75, 3.05) is 0 Å². The molecule has 5 heteroatoms. The number of aromatic nitrogens is 2. The number of rotatable bonds is 3. The van der Waals surface area contributed by atoms with Crippen LogP contribution in [0, 0.1) is 5.82 Å². The van der Waals surface area contributed by atoms with Crippen molar-refractivity contribution in [2.24, 2.45) is 0 Å². The zero-order valence-electron chi connectivity index (χ0n) is 12.7. The van der Waals surface area contributed by atoms with E-state index < -0.39 is 5.82 Å². The van der Waals surface area contributed by atoms with Crippen LogP contribution in [0.25, 0.3) is 11.1 Å². The molecule has 0 bridgehead atoms. The van der Waals surface area contributed by atoms with Crippen LogP contribution in [0.4, 0.5) is 4.39 Å². The van der Waals surface area contributed by atoms with E-state index in [1.807, 2.05) is 30.3 Å². The molecule has 0 saturated heterocycles. The first kappa shape index (κ1) is 14.5. The van der Waals surface area contributed by atoms with Gasteiger partial charge in [0, 0.05) is 23.7 Å². The fraction of sp³-hybridized carbons (Fsp3) is 0.105. The van der Waals surface area contributed by atoms with Gasteiger partial charge in [0.25, 0.3) is 0 Å². The van der Waals surface area contributed by atoms with E-state index in [0.29, 0.717) is 29.5 Å². The molecular weight excluding hydrogens is 307 g/mol. The summed E-state index contributed by atoms with van der Waals surface area (Å²) in [5.74, 6) is -0.169. The summed E-state index contributed by atoms with van der Waals surface area (Å²) < 4.78 is 20.4. The first-order valence-corrected chi connectivity index (χ1v) is 7.62. The number of ketones is 1. The van der Waals surface area contributed by atoms with E-state index >= 15 is 0 Å². The molecule has 0 unspecified atom stereocenters. The highest BCUT2D eigenvalue weighted by molar-refractivity contribution is 6.00. The summed E-state index contributed by atoms with van der Waals surface area (Å²) in [6.45, 7) is 0. The molecule has 3 aromatic rings. The highest BCUT2D eigenvalue weighted by atomic mass is 19.1. The number of halogens is 1. The van der Waals surface area contributed by atoms with Gasteiger partial charge >= 0.3 is 0 Å². The van der Waals surface area contributed by atoms with Crippen molar-refractivity contribution in [1.82, 2.24) is 9.97 Å². The van der Waals surface area contributed by atoms with Gasteiger partial charge in [-0.15, -0.1) is 0 Å². The van der Waals surface area contributed by atoms with E-state index in [9.17, 15) is 9.18 Å². The van der Waals surface area contributed by atoms with Gasteiger partial charge in [-0.2, -0.15) is 0 Å². The van der Waals surface area contributed by atoms with Gasteiger partial charge in [-0.1, -0.05) is 30.3 Å². The van der Waals surface area contributed by atoms with Crippen molar-refractivity contribution in [3.63, 3.8) is 0 Å². The summed E-state index contributed by atoms with van der Waals surface area (Å²) in [5, 5.41) is 0. The number of carbonyl (C=O) groups excluding carboxylic acids is 1. The molecule has 4 rings (SSSR count). The van der Waals surface area contributed by atoms with E-state index in [0.717, 1.165) is 5.56 Å². The lowest BCUT2D eigenvalue weighted by atomic mass is 10.1. The average Bonchev–Trinajstić information content (AvgIpc) is 3.00. The fourth-order valence-electron chi connectivity index (χ4n) is 2.88. The number of ether oxygens (including phenoxy) is 1. The van der Waals surface area contributed by atoms with Gasteiger partial charge in [0.15, 0.2) is 17.3 Å². The second kappa shape index (κ2) is 5.85. The molecular formula is C19H13FN2O2. The molecule has 0 fully saturated rings. The quantitative estimate of drug-likeness (QED) is 0.725. The highest BCUT2D eigenvalue weighted by Crippen LogP contribution is 2.35. The highest BCUT2D eigenvalue weighted by Gasteiger charge is 2.25. The van der Waals surface area contributed by atoms with E-state index in [1.165, 1.54) is 12.4 Å². The van der Waals surface area contributed by atoms with Crippen LogP contribution >= 0.6 is 0 Å². The van der Waals surface area contributed by atoms with Crippen LogP contribution < -0.4 is 4.74 Å². The van der Waals surface area contributed by atoms with E-state index in [-0.39, 0.29) is 17.4 Å². The number of hydrogen-bond acceptors (Lipinski definition) is 4. The monoisotopic (exact) mass is 320 g/mol. The summed E-state index contributed by atoms with van der Waals surface area (Å²) in [6.07, 6.45) is 3.74.